The van der Waals surface area contributed by atoms with Crippen LogP contribution in [0.3, 0.4) is 0 Å². The summed E-state index contributed by atoms with van der Waals surface area (Å²) in [7, 11) is 0. The Hall–Kier alpha value is 0.200. The second-order valence-electron chi connectivity index (χ2n) is 3.79. The highest BCUT2D eigenvalue weighted by Crippen LogP contribution is 2.40. The molecule has 0 nitrogen and oxygen atoms in total. The van der Waals surface area contributed by atoms with Gasteiger partial charge in [-0.05, 0) is 39.7 Å². The van der Waals surface area contributed by atoms with Gasteiger partial charge in [-0.1, -0.05) is 62.9 Å². The van der Waals surface area contributed by atoms with E-state index in [2.05, 4.69) is 31.9 Å². The molecular formula is C13H6Br2Cl3F. The van der Waals surface area contributed by atoms with Gasteiger partial charge in [-0.2, -0.15) is 0 Å². The van der Waals surface area contributed by atoms with Crippen LogP contribution >= 0.6 is 66.7 Å². The molecular weight excluding hydrogens is 441 g/mol. The minimum absolute atomic E-state index is 0.380. The van der Waals surface area contributed by atoms with Crippen molar-refractivity contribution in [3.8, 4) is 0 Å². The first-order chi connectivity index (χ1) is 8.91. The lowest BCUT2D eigenvalue weighted by Crippen LogP contribution is -1.98. The molecule has 0 N–H and O–H groups in total. The fraction of sp³-hybridized carbons (Fsp3) is 0.0769. The molecule has 0 aromatic heterocycles. The molecule has 100 valence electrons. The van der Waals surface area contributed by atoms with Gasteiger partial charge in [-0.25, -0.2) is 4.39 Å². The van der Waals surface area contributed by atoms with Crippen LogP contribution < -0.4 is 0 Å². The first-order valence-corrected chi connectivity index (χ1v) is 7.98. The molecule has 0 saturated carbocycles. The average Bonchev–Trinajstić information content (AvgIpc) is 2.36. The van der Waals surface area contributed by atoms with E-state index in [0.717, 1.165) is 0 Å². The van der Waals surface area contributed by atoms with E-state index in [4.69, 9.17) is 34.8 Å². The topological polar surface area (TPSA) is 0 Å². The summed E-state index contributed by atoms with van der Waals surface area (Å²) in [6.45, 7) is 0. The van der Waals surface area contributed by atoms with Crippen LogP contribution in [0.5, 0.6) is 0 Å². The van der Waals surface area contributed by atoms with Crippen molar-refractivity contribution >= 4 is 66.7 Å². The van der Waals surface area contributed by atoms with E-state index in [0.29, 0.717) is 30.7 Å². The van der Waals surface area contributed by atoms with Crippen LogP contribution in [0.4, 0.5) is 4.39 Å². The number of rotatable bonds is 2. The molecule has 0 heterocycles. The molecule has 0 aliphatic heterocycles. The molecule has 0 bridgehead atoms. The number of halogens is 6. The maximum atomic E-state index is 14.0. The normalized spacial score (nSPS) is 12.5. The van der Waals surface area contributed by atoms with Crippen molar-refractivity contribution in [2.45, 2.75) is 4.83 Å². The van der Waals surface area contributed by atoms with Crippen LogP contribution in [-0.4, -0.2) is 0 Å². The highest BCUT2D eigenvalue weighted by Gasteiger charge is 2.20. The lowest BCUT2D eigenvalue weighted by molar-refractivity contribution is 0.612. The largest absolute Gasteiger partial charge is 0.207 e. The first-order valence-electron chi connectivity index (χ1n) is 5.14. The van der Waals surface area contributed by atoms with Crippen LogP contribution in [0.15, 0.2) is 34.8 Å². The number of hydrogen-bond donors (Lipinski definition) is 0. The Bertz CT molecular complexity index is 632. The Kier molecular flexibility index (Phi) is 5.18. The van der Waals surface area contributed by atoms with Gasteiger partial charge in [0, 0.05) is 10.0 Å². The van der Waals surface area contributed by atoms with Gasteiger partial charge in [0.1, 0.15) is 5.82 Å². The van der Waals surface area contributed by atoms with Gasteiger partial charge in [0.15, 0.2) is 0 Å². The summed E-state index contributed by atoms with van der Waals surface area (Å²) in [5.74, 6) is -0.380. The molecule has 0 amide bonds. The summed E-state index contributed by atoms with van der Waals surface area (Å²) >= 11 is 24.7. The van der Waals surface area contributed by atoms with E-state index in [-0.39, 0.29) is 5.82 Å². The molecule has 0 radical (unpaired) electrons. The van der Waals surface area contributed by atoms with Crippen molar-refractivity contribution < 1.29 is 4.39 Å². The van der Waals surface area contributed by atoms with Gasteiger partial charge in [0.25, 0.3) is 0 Å². The lowest BCUT2D eigenvalue weighted by atomic mass is 10.0. The van der Waals surface area contributed by atoms with Crippen molar-refractivity contribution in [1.82, 2.24) is 0 Å². The molecule has 0 aliphatic rings. The van der Waals surface area contributed by atoms with Gasteiger partial charge in [0.05, 0.1) is 19.9 Å². The Morgan fingerprint density at radius 2 is 1.68 bits per heavy atom. The molecule has 2 aromatic carbocycles. The third kappa shape index (κ3) is 3.27. The quantitative estimate of drug-likeness (QED) is 0.342. The van der Waals surface area contributed by atoms with Crippen LogP contribution in [0.25, 0.3) is 0 Å². The first kappa shape index (κ1) is 15.6. The number of alkyl halides is 1. The Morgan fingerprint density at radius 3 is 2.37 bits per heavy atom. The minimum atomic E-state index is -0.427. The van der Waals surface area contributed by atoms with Gasteiger partial charge < -0.3 is 0 Å². The molecule has 0 saturated heterocycles. The summed E-state index contributed by atoms with van der Waals surface area (Å²) in [4.78, 5) is -0.427. The van der Waals surface area contributed by atoms with E-state index in [1.54, 1.807) is 24.3 Å². The monoisotopic (exact) mass is 444 g/mol. The molecule has 0 spiro atoms. The maximum Gasteiger partial charge on any atom is 0.129 e. The minimum Gasteiger partial charge on any atom is -0.207 e. The number of benzene rings is 2. The van der Waals surface area contributed by atoms with Crippen molar-refractivity contribution in [2.75, 3.05) is 0 Å². The standard InChI is InChI=1S/C13H6Br2Cl3F/c14-8-5-11(19)7(4-10(8)17)12(15)6-2-1-3-9(16)13(6)18/h1-5,12H. The predicted octanol–water partition coefficient (Wildman–Crippen LogP) is 7.03. The molecule has 2 rings (SSSR count). The average molecular weight is 447 g/mol. The smallest absolute Gasteiger partial charge is 0.129 e. The second kappa shape index (κ2) is 6.31. The Morgan fingerprint density at radius 1 is 1.00 bits per heavy atom. The van der Waals surface area contributed by atoms with Gasteiger partial charge in [0.2, 0.25) is 0 Å². The van der Waals surface area contributed by atoms with Crippen molar-refractivity contribution in [3.05, 3.63) is 66.8 Å². The molecule has 2 aromatic rings. The van der Waals surface area contributed by atoms with Crippen LogP contribution in [0.1, 0.15) is 16.0 Å². The highest BCUT2D eigenvalue weighted by molar-refractivity contribution is 9.10. The zero-order valence-electron chi connectivity index (χ0n) is 9.23. The van der Waals surface area contributed by atoms with Crippen LogP contribution in [0, 0.1) is 5.82 Å². The van der Waals surface area contributed by atoms with Crippen LogP contribution in [0.2, 0.25) is 15.1 Å². The van der Waals surface area contributed by atoms with Crippen molar-refractivity contribution in [3.63, 3.8) is 0 Å². The van der Waals surface area contributed by atoms with E-state index in [1.807, 2.05) is 0 Å². The van der Waals surface area contributed by atoms with Crippen molar-refractivity contribution in [1.29, 1.82) is 0 Å². The molecule has 19 heavy (non-hydrogen) atoms. The molecule has 0 fully saturated rings. The van der Waals surface area contributed by atoms with Crippen molar-refractivity contribution in [2.24, 2.45) is 0 Å². The molecule has 1 unspecified atom stereocenters. The van der Waals surface area contributed by atoms with E-state index in [1.165, 1.54) is 6.07 Å². The Balaban J connectivity index is 2.53. The highest BCUT2D eigenvalue weighted by atomic mass is 79.9. The van der Waals surface area contributed by atoms with E-state index in [9.17, 15) is 4.39 Å². The summed E-state index contributed by atoms with van der Waals surface area (Å²) in [6.07, 6.45) is 0. The van der Waals surface area contributed by atoms with Crippen LogP contribution in [-0.2, 0) is 0 Å². The number of hydrogen-bond acceptors (Lipinski definition) is 0. The molecule has 1 atom stereocenters. The SMILES string of the molecule is Fc1cc(Br)c(Cl)cc1C(Br)c1cccc(Cl)c1Cl. The summed E-state index contributed by atoms with van der Waals surface area (Å²) in [6, 6.07) is 8.10. The Labute approximate surface area is 142 Å². The third-order valence-electron chi connectivity index (χ3n) is 2.57. The zero-order valence-corrected chi connectivity index (χ0v) is 14.7. The molecule has 6 heteroatoms. The third-order valence-corrected chi connectivity index (χ3v) is 5.58. The van der Waals surface area contributed by atoms with E-state index >= 15 is 0 Å². The predicted molar refractivity (Wildman–Crippen MR) is 86.3 cm³/mol. The zero-order chi connectivity index (χ0) is 14.2. The fourth-order valence-corrected chi connectivity index (χ4v) is 3.38. The molecule has 0 aliphatic carbocycles. The van der Waals surface area contributed by atoms with Gasteiger partial charge in [-0.3, -0.25) is 0 Å². The lowest BCUT2D eigenvalue weighted by Gasteiger charge is -2.15. The summed E-state index contributed by atoms with van der Waals surface area (Å²) in [5, 5.41) is 1.25. The van der Waals surface area contributed by atoms with Gasteiger partial charge >= 0.3 is 0 Å². The fourth-order valence-electron chi connectivity index (χ4n) is 1.62. The summed E-state index contributed by atoms with van der Waals surface area (Å²) in [5.41, 5.74) is 1.09. The maximum absolute atomic E-state index is 14.0. The van der Waals surface area contributed by atoms with E-state index < -0.39 is 4.83 Å². The summed E-state index contributed by atoms with van der Waals surface area (Å²) < 4.78 is 14.5. The second-order valence-corrected chi connectivity index (χ2v) is 6.76. The van der Waals surface area contributed by atoms with Gasteiger partial charge in [-0.15, -0.1) is 0 Å².